The standard InChI is InChI=1S/C21H27F3N2O3/c22-21(23,24)18(12-27)16-3-4-17(16)19(28)26-8-5-20(6-9-26)10-15(13-29-20)14-2-1-7-25-11-14/h1-2,7,11,15-18,27H,3-6,8-10,12-13H2/t15?,16?,17-,18+/m1/s1. The molecule has 1 amide bonds. The van der Waals surface area contributed by atoms with Crippen molar-refractivity contribution in [1.82, 2.24) is 9.88 Å². The van der Waals surface area contributed by atoms with Crippen LogP contribution in [-0.2, 0) is 9.53 Å². The number of piperidine rings is 1. The van der Waals surface area contributed by atoms with Crippen molar-refractivity contribution in [2.45, 2.75) is 49.8 Å². The topological polar surface area (TPSA) is 62.7 Å². The molecule has 160 valence electrons. The number of aliphatic hydroxyl groups excluding tert-OH is 1. The molecule has 1 spiro atoms. The number of hydrogen-bond donors (Lipinski definition) is 1. The predicted molar refractivity (Wildman–Crippen MR) is 98.9 cm³/mol. The monoisotopic (exact) mass is 412 g/mol. The Morgan fingerprint density at radius 3 is 2.66 bits per heavy atom. The Morgan fingerprint density at radius 2 is 2.10 bits per heavy atom. The van der Waals surface area contributed by atoms with Crippen LogP contribution in [-0.4, -0.2) is 59.0 Å². The second kappa shape index (κ2) is 7.87. The molecule has 0 aromatic carbocycles. The van der Waals surface area contributed by atoms with Gasteiger partial charge in [0.25, 0.3) is 0 Å². The highest BCUT2D eigenvalue weighted by Crippen LogP contribution is 2.48. The minimum Gasteiger partial charge on any atom is -0.396 e. The molecule has 1 N–H and O–H groups in total. The number of aliphatic hydroxyl groups is 1. The summed E-state index contributed by atoms with van der Waals surface area (Å²) in [5.74, 6) is -3.14. The van der Waals surface area contributed by atoms with E-state index in [1.165, 1.54) is 0 Å². The van der Waals surface area contributed by atoms with E-state index in [2.05, 4.69) is 4.98 Å². The number of carbonyl (C=O) groups is 1. The lowest BCUT2D eigenvalue weighted by atomic mass is 9.66. The summed E-state index contributed by atoms with van der Waals surface area (Å²) in [6, 6.07) is 3.96. The average Bonchev–Trinajstić information content (AvgIpc) is 3.09. The third kappa shape index (κ3) is 4.01. The third-order valence-corrected chi connectivity index (χ3v) is 7.13. The van der Waals surface area contributed by atoms with Crippen molar-refractivity contribution in [3.8, 4) is 0 Å². The van der Waals surface area contributed by atoms with Gasteiger partial charge in [0.1, 0.15) is 0 Å². The number of ether oxygens (including phenoxy) is 1. The van der Waals surface area contributed by atoms with Gasteiger partial charge in [-0.05, 0) is 49.7 Å². The second-order valence-electron chi connectivity index (χ2n) is 8.69. The highest BCUT2D eigenvalue weighted by Gasteiger charge is 2.53. The number of amides is 1. The van der Waals surface area contributed by atoms with E-state index in [0.29, 0.717) is 51.3 Å². The van der Waals surface area contributed by atoms with E-state index >= 15 is 0 Å². The first kappa shape index (κ1) is 20.6. The summed E-state index contributed by atoms with van der Waals surface area (Å²) < 4.78 is 45.6. The Bertz CT molecular complexity index is 720. The van der Waals surface area contributed by atoms with Gasteiger partial charge in [0, 0.05) is 37.3 Å². The van der Waals surface area contributed by atoms with Gasteiger partial charge in [-0.25, -0.2) is 0 Å². The van der Waals surface area contributed by atoms with Crippen molar-refractivity contribution in [3.05, 3.63) is 30.1 Å². The summed E-state index contributed by atoms with van der Waals surface area (Å²) in [6.07, 6.45) is 2.24. The van der Waals surface area contributed by atoms with Crippen LogP contribution >= 0.6 is 0 Å². The van der Waals surface area contributed by atoms with Crippen LogP contribution in [0.15, 0.2) is 24.5 Å². The van der Waals surface area contributed by atoms with Crippen LogP contribution in [0.4, 0.5) is 13.2 Å². The molecule has 3 aliphatic rings. The Kier molecular flexibility index (Phi) is 5.59. The number of hydrogen-bond acceptors (Lipinski definition) is 4. The Hall–Kier alpha value is -1.67. The zero-order valence-electron chi connectivity index (χ0n) is 16.3. The lowest BCUT2D eigenvalue weighted by Gasteiger charge is -2.45. The molecular formula is C21H27F3N2O3. The van der Waals surface area contributed by atoms with Crippen molar-refractivity contribution in [1.29, 1.82) is 0 Å². The van der Waals surface area contributed by atoms with Gasteiger partial charge >= 0.3 is 6.18 Å². The largest absolute Gasteiger partial charge is 0.396 e. The van der Waals surface area contributed by atoms with Gasteiger partial charge in [0.15, 0.2) is 0 Å². The van der Waals surface area contributed by atoms with E-state index in [0.717, 1.165) is 12.0 Å². The summed E-state index contributed by atoms with van der Waals surface area (Å²) in [5, 5.41) is 9.20. The van der Waals surface area contributed by atoms with E-state index < -0.39 is 30.5 Å². The fourth-order valence-electron chi connectivity index (χ4n) is 5.19. The third-order valence-electron chi connectivity index (χ3n) is 7.13. The molecular weight excluding hydrogens is 385 g/mol. The zero-order valence-corrected chi connectivity index (χ0v) is 16.3. The fourth-order valence-corrected chi connectivity index (χ4v) is 5.19. The van der Waals surface area contributed by atoms with Crippen LogP contribution < -0.4 is 0 Å². The number of aromatic nitrogens is 1. The maximum atomic E-state index is 13.1. The van der Waals surface area contributed by atoms with Crippen LogP contribution in [0.5, 0.6) is 0 Å². The molecule has 29 heavy (non-hydrogen) atoms. The SMILES string of the molecule is O=C([C@@H]1CCC1[C@H](CO)C(F)(F)F)N1CCC2(CC1)CC(c1cccnc1)CO2. The number of rotatable bonds is 4. The van der Waals surface area contributed by atoms with Crippen molar-refractivity contribution in [2.24, 2.45) is 17.8 Å². The van der Waals surface area contributed by atoms with Gasteiger partial charge in [-0.2, -0.15) is 13.2 Å². The van der Waals surface area contributed by atoms with E-state index in [-0.39, 0.29) is 11.5 Å². The minimum absolute atomic E-state index is 0.194. The fraction of sp³-hybridized carbons (Fsp3) is 0.714. The van der Waals surface area contributed by atoms with E-state index in [4.69, 9.17) is 4.74 Å². The molecule has 3 fully saturated rings. The molecule has 1 aromatic heterocycles. The van der Waals surface area contributed by atoms with Crippen LogP contribution in [0, 0.1) is 17.8 Å². The van der Waals surface area contributed by atoms with E-state index in [9.17, 15) is 23.1 Å². The Labute approximate surface area is 168 Å². The first-order valence-corrected chi connectivity index (χ1v) is 10.3. The first-order chi connectivity index (χ1) is 13.8. The van der Waals surface area contributed by atoms with Crippen LogP contribution in [0.3, 0.4) is 0 Å². The van der Waals surface area contributed by atoms with Gasteiger partial charge in [0.05, 0.1) is 24.7 Å². The quantitative estimate of drug-likeness (QED) is 0.825. The van der Waals surface area contributed by atoms with Crippen molar-refractivity contribution in [2.75, 3.05) is 26.3 Å². The summed E-state index contributed by atoms with van der Waals surface area (Å²) in [7, 11) is 0. The predicted octanol–water partition coefficient (Wildman–Crippen LogP) is 3.14. The number of alkyl halides is 3. The molecule has 1 aromatic rings. The Morgan fingerprint density at radius 1 is 1.34 bits per heavy atom. The lowest BCUT2D eigenvalue weighted by molar-refractivity contribution is -0.214. The molecule has 2 unspecified atom stereocenters. The molecule has 2 saturated heterocycles. The zero-order chi connectivity index (χ0) is 20.6. The number of halogens is 3. The molecule has 0 radical (unpaired) electrons. The Balaban J connectivity index is 1.34. The molecule has 4 atom stereocenters. The van der Waals surface area contributed by atoms with Gasteiger partial charge < -0.3 is 14.7 Å². The summed E-state index contributed by atoms with van der Waals surface area (Å²) >= 11 is 0. The van der Waals surface area contributed by atoms with Gasteiger partial charge in [-0.15, -0.1) is 0 Å². The smallest absolute Gasteiger partial charge is 0.394 e. The molecule has 8 heteroatoms. The van der Waals surface area contributed by atoms with E-state index in [1.807, 2.05) is 18.3 Å². The molecule has 0 bridgehead atoms. The van der Waals surface area contributed by atoms with Crippen molar-refractivity contribution >= 4 is 5.91 Å². The number of carbonyl (C=O) groups excluding carboxylic acids is 1. The molecule has 3 heterocycles. The first-order valence-electron chi connectivity index (χ1n) is 10.3. The van der Waals surface area contributed by atoms with Crippen LogP contribution in [0.25, 0.3) is 0 Å². The van der Waals surface area contributed by atoms with Gasteiger partial charge in [0.2, 0.25) is 5.91 Å². The van der Waals surface area contributed by atoms with Crippen LogP contribution in [0.2, 0.25) is 0 Å². The number of likely N-dealkylation sites (tertiary alicyclic amines) is 1. The molecule has 1 aliphatic carbocycles. The highest BCUT2D eigenvalue weighted by molar-refractivity contribution is 5.80. The van der Waals surface area contributed by atoms with Crippen molar-refractivity contribution in [3.63, 3.8) is 0 Å². The second-order valence-corrected chi connectivity index (χ2v) is 8.69. The van der Waals surface area contributed by atoms with Crippen molar-refractivity contribution < 1.29 is 27.8 Å². The van der Waals surface area contributed by atoms with E-state index in [1.54, 1.807) is 11.1 Å². The normalized spacial score (nSPS) is 30.2. The maximum Gasteiger partial charge on any atom is 0.394 e. The van der Waals surface area contributed by atoms with Gasteiger partial charge in [-0.1, -0.05) is 6.07 Å². The highest BCUT2D eigenvalue weighted by atomic mass is 19.4. The molecule has 4 rings (SSSR count). The number of pyridine rings is 1. The average molecular weight is 412 g/mol. The summed E-state index contributed by atoms with van der Waals surface area (Å²) in [4.78, 5) is 18.7. The molecule has 2 aliphatic heterocycles. The minimum atomic E-state index is -4.47. The summed E-state index contributed by atoms with van der Waals surface area (Å²) in [5.41, 5.74) is 0.901. The molecule has 5 nitrogen and oxygen atoms in total. The lowest BCUT2D eigenvalue weighted by Crippen LogP contribution is -2.53. The van der Waals surface area contributed by atoms with Gasteiger partial charge in [-0.3, -0.25) is 9.78 Å². The summed E-state index contributed by atoms with van der Waals surface area (Å²) in [6.45, 7) is 0.702. The molecule has 1 saturated carbocycles. The van der Waals surface area contributed by atoms with Crippen LogP contribution in [0.1, 0.15) is 43.6 Å². The maximum absolute atomic E-state index is 13.1. The number of nitrogens with zero attached hydrogens (tertiary/aromatic N) is 2.